The summed E-state index contributed by atoms with van der Waals surface area (Å²) in [6.45, 7) is 1.39. The van der Waals surface area contributed by atoms with E-state index in [9.17, 15) is 18.4 Å². The van der Waals surface area contributed by atoms with Gasteiger partial charge in [0.25, 0.3) is 5.91 Å². The van der Waals surface area contributed by atoms with E-state index in [1.165, 1.54) is 6.92 Å². The number of carbonyl (C=O) groups is 2. The standard InChI is InChI=1S/C10H10F2N2O2/c1-5(9(13)15)14-10(16)6-2-3-7(11)8(12)4-6/h2-5H,1H3,(H2,13,15)(H,14,16)/t5-/m1/s1. The highest BCUT2D eigenvalue weighted by molar-refractivity contribution is 5.97. The Labute approximate surface area is 90.4 Å². The maximum Gasteiger partial charge on any atom is 0.252 e. The Morgan fingerprint density at radius 2 is 1.94 bits per heavy atom. The Bertz CT molecular complexity index is 435. The van der Waals surface area contributed by atoms with Crippen LogP contribution in [0.4, 0.5) is 8.78 Å². The van der Waals surface area contributed by atoms with Gasteiger partial charge in [-0.1, -0.05) is 0 Å². The van der Waals surface area contributed by atoms with Crippen LogP contribution in [0.1, 0.15) is 17.3 Å². The number of amides is 2. The lowest BCUT2D eigenvalue weighted by Gasteiger charge is -2.09. The van der Waals surface area contributed by atoms with Gasteiger partial charge in [-0.3, -0.25) is 9.59 Å². The molecule has 1 atom stereocenters. The van der Waals surface area contributed by atoms with Gasteiger partial charge >= 0.3 is 0 Å². The van der Waals surface area contributed by atoms with Crippen molar-refractivity contribution in [1.82, 2.24) is 5.32 Å². The molecule has 0 heterocycles. The molecule has 3 N–H and O–H groups in total. The number of halogens is 2. The zero-order valence-electron chi connectivity index (χ0n) is 8.46. The minimum atomic E-state index is -1.13. The van der Waals surface area contributed by atoms with Crippen molar-refractivity contribution < 1.29 is 18.4 Å². The number of carbonyl (C=O) groups excluding carboxylic acids is 2. The van der Waals surface area contributed by atoms with Crippen LogP contribution in [0.5, 0.6) is 0 Å². The van der Waals surface area contributed by atoms with Crippen LogP contribution >= 0.6 is 0 Å². The predicted molar refractivity (Wildman–Crippen MR) is 52.5 cm³/mol. The van der Waals surface area contributed by atoms with E-state index in [1.54, 1.807) is 0 Å². The Hall–Kier alpha value is -1.98. The molecule has 0 saturated heterocycles. The summed E-state index contributed by atoms with van der Waals surface area (Å²) >= 11 is 0. The normalized spacial score (nSPS) is 11.9. The van der Waals surface area contributed by atoms with E-state index in [-0.39, 0.29) is 5.56 Å². The molecule has 0 aliphatic carbocycles. The van der Waals surface area contributed by atoms with Crippen LogP contribution in [-0.2, 0) is 4.79 Å². The monoisotopic (exact) mass is 228 g/mol. The third kappa shape index (κ3) is 2.75. The summed E-state index contributed by atoms with van der Waals surface area (Å²) in [5.41, 5.74) is 4.85. The maximum atomic E-state index is 12.8. The van der Waals surface area contributed by atoms with Crippen molar-refractivity contribution in [3.05, 3.63) is 35.4 Å². The average molecular weight is 228 g/mol. The van der Waals surface area contributed by atoms with Gasteiger partial charge in [-0.15, -0.1) is 0 Å². The molecular weight excluding hydrogens is 218 g/mol. The molecule has 0 bridgehead atoms. The van der Waals surface area contributed by atoms with Gasteiger partial charge in [0, 0.05) is 5.56 Å². The van der Waals surface area contributed by atoms with Gasteiger partial charge in [0.1, 0.15) is 6.04 Å². The molecular formula is C10H10F2N2O2. The van der Waals surface area contributed by atoms with E-state index in [1.807, 2.05) is 0 Å². The summed E-state index contributed by atoms with van der Waals surface area (Å²) in [5, 5.41) is 2.24. The van der Waals surface area contributed by atoms with Crippen molar-refractivity contribution in [2.75, 3.05) is 0 Å². The van der Waals surface area contributed by atoms with Crippen molar-refractivity contribution >= 4 is 11.8 Å². The molecule has 0 spiro atoms. The highest BCUT2D eigenvalue weighted by Crippen LogP contribution is 2.08. The molecule has 0 saturated carbocycles. The molecule has 6 heteroatoms. The second-order valence-electron chi connectivity index (χ2n) is 3.23. The fourth-order valence-electron chi connectivity index (χ4n) is 0.988. The molecule has 0 aliphatic heterocycles. The van der Waals surface area contributed by atoms with E-state index < -0.39 is 29.5 Å². The number of benzene rings is 1. The molecule has 2 amide bonds. The van der Waals surface area contributed by atoms with Gasteiger partial charge < -0.3 is 11.1 Å². The Balaban J connectivity index is 2.81. The highest BCUT2D eigenvalue weighted by Gasteiger charge is 2.14. The largest absolute Gasteiger partial charge is 0.368 e. The Kier molecular flexibility index (Phi) is 3.55. The number of nitrogens with two attached hydrogens (primary N) is 1. The smallest absolute Gasteiger partial charge is 0.252 e. The maximum absolute atomic E-state index is 12.8. The summed E-state index contributed by atoms with van der Waals surface area (Å²) in [5.74, 6) is -3.57. The number of nitrogens with one attached hydrogen (secondary N) is 1. The summed E-state index contributed by atoms with van der Waals surface area (Å²) in [6.07, 6.45) is 0. The zero-order chi connectivity index (χ0) is 12.3. The molecule has 4 nitrogen and oxygen atoms in total. The lowest BCUT2D eigenvalue weighted by atomic mass is 10.2. The second kappa shape index (κ2) is 4.69. The molecule has 1 aromatic carbocycles. The minimum Gasteiger partial charge on any atom is -0.368 e. The Morgan fingerprint density at radius 1 is 1.31 bits per heavy atom. The van der Waals surface area contributed by atoms with E-state index in [0.717, 1.165) is 18.2 Å². The molecule has 1 aromatic rings. The summed E-state index contributed by atoms with van der Waals surface area (Å²) < 4.78 is 25.4. The van der Waals surface area contributed by atoms with Gasteiger partial charge in [0.2, 0.25) is 5.91 Å². The van der Waals surface area contributed by atoms with Crippen LogP contribution in [0.3, 0.4) is 0 Å². The molecule has 1 rings (SSSR count). The van der Waals surface area contributed by atoms with Crippen LogP contribution < -0.4 is 11.1 Å². The fraction of sp³-hybridized carbons (Fsp3) is 0.200. The number of hydrogen-bond donors (Lipinski definition) is 2. The molecule has 0 aliphatic rings. The van der Waals surface area contributed by atoms with E-state index >= 15 is 0 Å². The van der Waals surface area contributed by atoms with Crippen molar-refractivity contribution in [3.8, 4) is 0 Å². The van der Waals surface area contributed by atoms with Crippen LogP contribution in [-0.4, -0.2) is 17.9 Å². The van der Waals surface area contributed by atoms with Crippen molar-refractivity contribution in [3.63, 3.8) is 0 Å². The summed E-state index contributed by atoms with van der Waals surface area (Å²) in [7, 11) is 0. The topological polar surface area (TPSA) is 72.2 Å². The first-order chi connectivity index (χ1) is 7.41. The Morgan fingerprint density at radius 3 is 2.44 bits per heavy atom. The van der Waals surface area contributed by atoms with E-state index in [2.05, 4.69) is 5.32 Å². The van der Waals surface area contributed by atoms with Gasteiger partial charge in [-0.05, 0) is 25.1 Å². The third-order valence-corrected chi connectivity index (χ3v) is 1.96. The number of hydrogen-bond acceptors (Lipinski definition) is 2. The lowest BCUT2D eigenvalue weighted by Crippen LogP contribution is -2.42. The predicted octanol–water partition coefficient (Wildman–Crippen LogP) is 0.568. The highest BCUT2D eigenvalue weighted by atomic mass is 19.2. The lowest BCUT2D eigenvalue weighted by molar-refractivity contribution is -0.119. The van der Waals surface area contributed by atoms with Gasteiger partial charge in [-0.2, -0.15) is 0 Å². The van der Waals surface area contributed by atoms with Crippen LogP contribution in [0.25, 0.3) is 0 Å². The third-order valence-electron chi connectivity index (χ3n) is 1.96. The molecule has 86 valence electrons. The van der Waals surface area contributed by atoms with E-state index in [0.29, 0.717) is 0 Å². The summed E-state index contributed by atoms with van der Waals surface area (Å²) in [4.78, 5) is 22.1. The minimum absolute atomic E-state index is 0.0769. The first-order valence-corrected chi connectivity index (χ1v) is 4.47. The van der Waals surface area contributed by atoms with Crippen LogP contribution in [0.2, 0.25) is 0 Å². The van der Waals surface area contributed by atoms with Crippen molar-refractivity contribution in [2.24, 2.45) is 5.73 Å². The molecule has 0 unspecified atom stereocenters. The van der Waals surface area contributed by atoms with Gasteiger partial charge in [0.05, 0.1) is 0 Å². The zero-order valence-corrected chi connectivity index (χ0v) is 8.46. The molecule has 0 radical (unpaired) electrons. The first kappa shape index (κ1) is 12.1. The van der Waals surface area contributed by atoms with Crippen molar-refractivity contribution in [1.29, 1.82) is 0 Å². The average Bonchev–Trinajstić information content (AvgIpc) is 2.21. The number of rotatable bonds is 3. The SMILES string of the molecule is C[C@@H](NC(=O)c1ccc(F)c(F)c1)C(N)=O. The van der Waals surface area contributed by atoms with Gasteiger partial charge in [0.15, 0.2) is 11.6 Å². The van der Waals surface area contributed by atoms with Gasteiger partial charge in [-0.25, -0.2) is 8.78 Å². The second-order valence-corrected chi connectivity index (χ2v) is 3.23. The quantitative estimate of drug-likeness (QED) is 0.793. The molecule has 0 fully saturated rings. The summed E-state index contributed by atoms with van der Waals surface area (Å²) in [6, 6.07) is 1.82. The molecule has 16 heavy (non-hydrogen) atoms. The number of primary amides is 1. The van der Waals surface area contributed by atoms with Crippen molar-refractivity contribution in [2.45, 2.75) is 13.0 Å². The first-order valence-electron chi connectivity index (χ1n) is 4.47. The molecule has 0 aromatic heterocycles. The van der Waals surface area contributed by atoms with Crippen LogP contribution in [0.15, 0.2) is 18.2 Å². The van der Waals surface area contributed by atoms with E-state index in [4.69, 9.17) is 5.73 Å². The fourth-order valence-corrected chi connectivity index (χ4v) is 0.988. The van der Waals surface area contributed by atoms with Crippen LogP contribution in [0, 0.1) is 11.6 Å².